The van der Waals surface area contributed by atoms with Crippen LogP contribution in [0.4, 0.5) is 0 Å². The highest BCUT2D eigenvalue weighted by Gasteiger charge is 2.57. The molecule has 3 saturated carbocycles. The Morgan fingerprint density at radius 3 is 1.94 bits per heavy atom. The van der Waals surface area contributed by atoms with Crippen LogP contribution in [0.3, 0.4) is 0 Å². The molecule has 0 heterocycles. The molecule has 0 aromatic rings. The molecule has 0 aliphatic heterocycles. The minimum atomic E-state index is -0.179. The third kappa shape index (κ3) is 6.32. The summed E-state index contributed by atoms with van der Waals surface area (Å²) in [7, 11) is 0. The molecule has 32 heavy (non-hydrogen) atoms. The van der Waals surface area contributed by atoms with Crippen molar-refractivity contribution < 1.29 is 9.53 Å². The molecular weight excluding hydrogens is 392 g/mol. The number of rotatable bonds is 12. The Morgan fingerprint density at radius 2 is 1.28 bits per heavy atom. The maximum Gasteiger partial charge on any atom is 0.312 e. The van der Waals surface area contributed by atoms with E-state index in [0.717, 1.165) is 31.1 Å². The maximum atomic E-state index is 13.7. The molecule has 3 aliphatic carbocycles. The molecule has 0 atom stereocenters. The second-order valence-corrected chi connectivity index (χ2v) is 11.8. The molecule has 0 spiro atoms. The highest BCUT2D eigenvalue weighted by Crippen LogP contribution is 2.61. The van der Waals surface area contributed by atoms with Gasteiger partial charge in [0.25, 0.3) is 0 Å². The van der Waals surface area contributed by atoms with Crippen LogP contribution in [0, 0.1) is 22.7 Å². The predicted octanol–water partition coefficient (Wildman–Crippen LogP) is 9.40. The number of hydrogen-bond donors (Lipinski definition) is 0. The summed E-state index contributed by atoms with van der Waals surface area (Å²) in [5, 5.41) is 0. The standard InChI is InChI=1S/C30H54O2/c1-3-5-6-7-8-13-20-29(23-18-27(19-24-29)26-16-11-9-12-17-26)30(21-14-10-15-22-30)28(31)32-25-4-2/h26-27H,3-25H2,1-2H3. The van der Waals surface area contributed by atoms with Crippen molar-refractivity contribution in [3.8, 4) is 0 Å². The second kappa shape index (κ2) is 13.4. The quantitative estimate of drug-likeness (QED) is 0.220. The van der Waals surface area contributed by atoms with Crippen molar-refractivity contribution in [3.05, 3.63) is 0 Å². The average molecular weight is 447 g/mol. The molecule has 2 nitrogen and oxygen atoms in total. The summed E-state index contributed by atoms with van der Waals surface area (Å²) >= 11 is 0. The summed E-state index contributed by atoms with van der Waals surface area (Å²) in [5.74, 6) is 2.10. The number of hydrogen-bond acceptors (Lipinski definition) is 2. The molecule has 0 aromatic heterocycles. The zero-order valence-electron chi connectivity index (χ0n) is 21.7. The van der Waals surface area contributed by atoms with Crippen LogP contribution in [0.25, 0.3) is 0 Å². The fraction of sp³-hybridized carbons (Fsp3) is 0.967. The number of carbonyl (C=O) groups is 1. The first-order chi connectivity index (χ1) is 15.7. The highest BCUT2D eigenvalue weighted by molar-refractivity contribution is 5.78. The van der Waals surface area contributed by atoms with Crippen LogP contribution in [-0.4, -0.2) is 12.6 Å². The van der Waals surface area contributed by atoms with Gasteiger partial charge in [-0.3, -0.25) is 4.79 Å². The lowest BCUT2D eigenvalue weighted by molar-refractivity contribution is -0.175. The third-order valence-electron chi connectivity index (χ3n) is 9.86. The first-order valence-corrected chi connectivity index (χ1v) is 14.8. The van der Waals surface area contributed by atoms with Crippen LogP contribution in [0.15, 0.2) is 0 Å². The van der Waals surface area contributed by atoms with Crippen LogP contribution in [-0.2, 0) is 9.53 Å². The van der Waals surface area contributed by atoms with Gasteiger partial charge in [0.2, 0.25) is 0 Å². The Balaban J connectivity index is 1.73. The Bertz CT molecular complexity index is 519. The van der Waals surface area contributed by atoms with Crippen molar-refractivity contribution in [1.82, 2.24) is 0 Å². The largest absolute Gasteiger partial charge is 0.465 e. The normalized spacial score (nSPS) is 29.0. The first kappa shape index (κ1) is 26.1. The number of unbranched alkanes of at least 4 members (excludes halogenated alkanes) is 5. The summed E-state index contributed by atoms with van der Waals surface area (Å²) in [4.78, 5) is 13.7. The van der Waals surface area contributed by atoms with E-state index in [4.69, 9.17) is 4.74 Å². The summed E-state index contributed by atoms with van der Waals surface area (Å²) in [6.45, 7) is 5.04. The Hall–Kier alpha value is -0.530. The molecule has 0 amide bonds. The van der Waals surface area contributed by atoms with Crippen LogP contribution in [0.2, 0.25) is 0 Å². The van der Waals surface area contributed by atoms with Gasteiger partial charge in [-0.1, -0.05) is 104 Å². The van der Waals surface area contributed by atoms with E-state index in [-0.39, 0.29) is 16.8 Å². The molecule has 3 rings (SSSR count). The van der Waals surface area contributed by atoms with E-state index in [1.54, 1.807) is 0 Å². The van der Waals surface area contributed by atoms with Gasteiger partial charge in [0, 0.05) is 0 Å². The Kier molecular flexibility index (Phi) is 10.9. The average Bonchev–Trinajstić information content (AvgIpc) is 2.86. The monoisotopic (exact) mass is 446 g/mol. The van der Waals surface area contributed by atoms with Crippen LogP contribution < -0.4 is 0 Å². The van der Waals surface area contributed by atoms with E-state index in [9.17, 15) is 4.79 Å². The third-order valence-corrected chi connectivity index (χ3v) is 9.86. The second-order valence-electron chi connectivity index (χ2n) is 11.8. The van der Waals surface area contributed by atoms with E-state index < -0.39 is 0 Å². The fourth-order valence-electron chi connectivity index (χ4n) is 7.92. The molecule has 3 aliphatic rings. The van der Waals surface area contributed by atoms with E-state index in [1.807, 2.05) is 0 Å². The molecule has 0 bridgehead atoms. The molecule has 2 heteroatoms. The van der Waals surface area contributed by atoms with Crippen molar-refractivity contribution >= 4 is 5.97 Å². The summed E-state index contributed by atoms with van der Waals surface area (Å²) in [6, 6.07) is 0. The fourth-order valence-corrected chi connectivity index (χ4v) is 7.92. The Morgan fingerprint density at radius 1 is 0.688 bits per heavy atom. The molecule has 0 aromatic carbocycles. The van der Waals surface area contributed by atoms with Crippen LogP contribution >= 0.6 is 0 Å². The topological polar surface area (TPSA) is 26.3 Å². The van der Waals surface area contributed by atoms with Gasteiger partial charge in [-0.2, -0.15) is 0 Å². The van der Waals surface area contributed by atoms with Crippen molar-refractivity contribution in [2.24, 2.45) is 22.7 Å². The van der Waals surface area contributed by atoms with E-state index in [1.165, 1.54) is 122 Å². The maximum absolute atomic E-state index is 13.7. The lowest BCUT2D eigenvalue weighted by atomic mass is 9.49. The molecule has 186 valence electrons. The number of ether oxygens (including phenoxy) is 1. The zero-order chi connectivity index (χ0) is 22.7. The molecule has 0 saturated heterocycles. The highest BCUT2D eigenvalue weighted by atomic mass is 16.5. The zero-order valence-corrected chi connectivity index (χ0v) is 21.7. The molecule has 0 unspecified atom stereocenters. The number of carbonyl (C=O) groups excluding carboxylic acids is 1. The first-order valence-electron chi connectivity index (χ1n) is 14.8. The SMILES string of the molecule is CCCCCCCCC1(C2(C(=O)OCCC)CCCCC2)CCC(C2CCCCC2)CC1. The van der Waals surface area contributed by atoms with Gasteiger partial charge >= 0.3 is 5.97 Å². The van der Waals surface area contributed by atoms with Gasteiger partial charge in [0.05, 0.1) is 12.0 Å². The van der Waals surface area contributed by atoms with Crippen LogP contribution in [0.1, 0.15) is 155 Å². The summed E-state index contributed by atoms with van der Waals surface area (Å²) in [5.41, 5.74) is 0.0372. The van der Waals surface area contributed by atoms with Gasteiger partial charge < -0.3 is 4.74 Å². The predicted molar refractivity (Wildman–Crippen MR) is 136 cm³/mol. The minimum absolute atomic E-state index is 0.179. The van der Waals surface area contributed by atoms with Gasteiger partial charge in [-0.15, -0.1) is 0 Å². The van der Waals surface area contributed by atoms with E-state index in [0.29, 0.717) is 6.61 Å². The Labute approximate surface area is 200 Å². The minimum Gasteiger partial charge on any atom is -0.465 e. The molecule has 0 N–H and O–H groups in total. The molecular formula is C30H54O2. The van der Waals surface area contributed by atoms with Gasteiger partial charge in [0.1, 0.15) is 0 Å². The van der Waals surface area contributed by atoms with E-state index in [2.05, 4.69) is 13.8 Å². The van der Waals surface area contributed by atoms with Crippen molar-refractivity contribution in [2.75, 3.05) is 6.61 Å². The van der Waals surface area contributed by atoms with Gasteiger partial charge in [-0.25, -0.2) is 0 Å². The van der Waals surface area contributed by atoms with Crippen molar-refractivity contribution in [3.63, 3.8) is 0 Å². The summed E-state index contributed by atoms with van der Waals surface area (Å²) < 4.78 is 5.98. The van der Waals surface area contributed by atoms with Crippen molar-refractivity contribution in [2.45, 2.75) is 155 Å². The molecule has 0 radical (unpaired) electrons. The van der Waals surface area contributed by atoms with E-state index >= 15 is 0 Å². The lowest BCUT2D eigenvalue weighted by Gasteiger charge is -2.55. The smallest absolute Gasteiger partial charge is 0.312 e. The lowest BCUT2D eigenvalue weighted by Crippen LogP contribution is -2.52. The van der Waals surface area contributed by atoms with Crippen molar-refractivity contribution in [1.29, 1.82) is 0 Å². The van der Waals surface area contributed by atoms with Gasteiger partial charge in [0.15, 0.2) is 0 Å². The van der Waals surface area contributed by atoms with Gasteiger partial charge in [-0.05, 0) is 68.6 Å². The van der Waals surface area contributed by atoms with Crippen LogP contribution in [0.5, 0.6) is 0 Å². The molecule has 3 fully saturated rings. The summed E-state index contributed by atoms with van der Waals surface area (Å²) in [6.07, 6.45) is 29.0. The number of esters is 1.